The fraction of sp³-hybridized carbons (Fsp3) is 0.647. The lowest BCUT2D eigenvalue weighted by Crippen LogP contribution is -2.58. The van der Waals surface area contributed by atoms with Crippen LogP contribution in [0.3, 0.4) is 0 Å². The molecule has 8 nitrogen and oxygen atoms in total. The Hall–Kier alpha value is -2.38. The van der Waals surface area contributed by atoms with Crippen LogP contribution in [0.25, 0.3) is 0 Å². The van der Waals surface area contributed by atoms with E-state index in [1.807, 2.05) is 0 Å². The first-order chi connectivity index (χ1) is 12.1. The summed E-state index contributed by atoms with van der Waals surface area (Å²) in [5.41, 5.74) is 4.63. The summed E-state index contributed by atoms with van der Waals surface area (Å²) in [6.45, 7) is 2.30. The molecule has 3 rings (SSSR count). The van der Waals surface area contributed by atoms with E-state index in [9.17, 15) is 9.59 Å². The maximum absolute atomic E-state index is 12.2. The Morgan fingerprint density at radius 3 is 2.64 bits per heavy atom. The molecule has 3 amide bonds. The number of piperidine rings is 1. The van der Waals surface area contributed by atoms with E-state index >= 15 is 0 Å². The van der Waals surface area contributed by atoms with Gasteiger partial charge in [0.1, 0.15) is 5.54 Å². The molecular weight excluding hydrogens is 320 g/mol. The minimum absolute atomic E-state index is 0.311. The molecule has 1 saturated heterocycles. The highest BCUT2D eigenvalue weighted by Crippen LogP contribution is 2.29. The Balaban J connectivity index is 1.49. The zero-order chi connectivity index (χ0) is 17.7. The molecule has 2 aliphatic rings. The van der Waals surface area contributed by atoms with E-state index in [1.165, 1.54) is 0 Å². The molecule has 8 heteroatoms. The van der Waals surface area contributed by atoms with Gasteiger partial charge < -0.3 is 21.3 Å². The monoisotopic (exact) mass is 346 g/mol. The van der Waals surface area contributed by atoms with Crippen LogP contribution in [-0.4, -0.2) is 47.1 Å². The molecule has 136 valence electrons. The van der Waals surface area contributed by atoms with Crippen molar-refractivity contribution in [1.82, 2.24) is 20.6 Å². The van der Waals surface area contributed by atoms with Gasteiger partial charge in [-0.25, -0.2) is 14.8 Å². The van der Waals surface area contributed by atoms with Crippen molar-refractivity contribution in [3.05, 3.63) is 18.5 Å². The molecule has 0 aromatic carbocycles. The van der Waals surface area contributed by atoms with Crippen LogP contribution in [-0.2, 0) is 4.79 Å². The van der Waals surface area contributed by atoms with E-state index < -0.39 is 11.4 Å². The lowest BCUT2D eigenvalue weighted by molar-refractivity contribution is -0.123. The van der Waals surface area contributed by atoms with E-state index in [4.69, 9.17) is 5.73 Å². The largest absolute Gasteiger partial charge is 0.368 e. The summed E-state index contributed by atoms with van der Waals surface area (Å²) in [4.78, 5) is 34.7. The lowest BCUT2D eigenvalue weighted by Gasteiger charge is -2.33. The third-order valence-corrected chi connectivity index (χ3v) is 5.19. The maximum atomic E-state index is 12.2. The van der Waals surface area contributed by atoms with Crippen molar-refractivity contribution >= 4 is 17.9 Å². The van der Waals surface area contributed by atoms with Crippen LogP contribution >= 0.6 is 0 Å². The molecule has 1 aliphatic carbocycles. The summed E-state index contributed by atoms with van der Waals surface area (Å²) in [5, 5.41) is 5.72. The summed E-state index contributed by atoms with van der Waals surface area (Å²) < 4.78 is 0. The molecular formula is C17H26N6O2. The Morgan fingerprint density at radius 2 is 1.96 bits per heavy atom. The first-order valence-electron chi connectivity index (χ1n) is 8.97. The first kappa shape index (κ1) is 17.4. The number of nitrogens with zero attached hydrogens (tertiary/aromatic N) is 3. The average Bonchev–Trinajstić information content (AvgIpc) is 3.11. The highest BCUT2D eigenvalue weighted by molar-refractivity contribution is 5.90. The Morgan fingerprint density at radius 1 is 1.24 bits per heavy atom. The van der Waals surface area contributed by atoms with Gasteiger partial charge in [0.25, 0.3) is 0 Å². The van der Waals surface area contributed by atoms with Gasteiger partial charge >= 0.3 is 6.03 Å². The van der Waals surface area contributed by atoms with Crippen molar-refractivity contribution in [3.8, 4) is 0 Å². The Labute approximate surface area is 147 Å². The third kappa shape index (κ3) is 4.18. The fourth-order valence-electron chi connectivity index (χ4n) is 3.78. The van der Waals surface area contributed by atoms with Gasteiger partial charge in [-0.1, -0.05) is 12.8 Å². The fourth-order valence-corrected chi connectivity index (χ4v) is 3.78. The molecule has 1 atom stereocenters. The topological polar surface area (TPSA) is 113 Å². The number of rotatable bonds is 5. The predicted octanol–water partition coefficient (Wildman–Crippen LogP) is 0.790. The van der Waals surface area contributed by atoms with Crippen LogP contribution in [0, 0.1) is 5.92 Å². The minimum atomic E-state index is -0.874. The van der Waals surface area contributed by atoms with E-state index in [0.717, 1.165) is 44.7 Å². The highest BCUT2D eigenvalue weighted by atomic mass is 16.2. The molecule has 1 aromatic rings. The first-order valence-corrected chi connectivity index (χ1v) is 8.97. The molecule has 1 saturated carbocycles. The molecule has 25 heavy (non-hydrogen) atoms. The van der Waals surface area contributed by atoms with Gasteiger partial charge in [-0.3, -0.25) is 4.79 Å². The van der Waals surface area contributed by atoms with Crippen LogP contribution in [0.4, 0.5) is 10.7 Å². The second kappa shape index (κ2) is 7.67. The number of primary amides is 1. The standard InChI is InChI=1S/C17H26N6O2/c18-14(24)17(6-1-2-7-17)22-16(25)21-11-13-5-3-10-23(12-13)15-19-8-4-9-20-15/h4,8-9,13H,1-3,5-7,10-12H2,(H2,18,24)(H2,21,22,25). The molecule has 4 N–H and O–H groups in total. The van der Waals surface area contributed by atoms with Gasteiger partial charge in [0.05, 0.1) is 0 Å². The van der Waals surface area contributed by atoms with Gasteiger partial charge in [0, 0.05) is 32.0 Å². The van der Waals surface area contributed by atoms with E-state index in [0.29, 0.717) is 25.3 Å². The number of hydrogen-bond donors (Lipinski definition) is 3. The second-order valence-electron chi connectivity index (χ2n) is 6.99. The van der Waals surface area contributed by atoms with Crippen LogP contribution < -0.4 is 21.3 Å². The molecule has 1 aromatic heterocycles. The smallest absolute Gasteiger partial charge is 0.315 e. The number of nitrogens with one attached hydrogen (secondary N) is 2. The van der Waals surface area contributed by atoms with Gasteiger partial charge in [-0.15, -0.1) is 0 Å². The average molecular weight is 346 g/mol. The summed E-state index contributed by atoms with van der Waals surface area (Å²) in [5.74, 6) is 0.622. The van der Waals surface area contributed by atoms with Crippen LogP contribution in [0.5, 0.6) is 0 Å². The molecule has 2 fully saturated rings. The molecule has 1 aliphatic heterocycles. The van der Waals surface area contributed by atoms with Gasteiger partial charge in [-0.2, -0.15) is 0 Å². The zero-order valence-corrected chi connectivity index (χ0v) is 14.4. The third-order valence-electron chi connectivity index (χ3n) is 5.19. The van der Waals surface area contributed by atoms with Crippen molar-refractivity contribution in [1.29, 1.82) is 0 Å². The summed E-state index contributed by atoms with van der Waals surface area (Å²) in [6, 6.07) is 1.49. The van der Waals surface area contributed by atoms with Gasteiger partial charge in [0.2, 0.25) is 11.9 Å². The normalized spacial score (nSPS) is 22.4. The maximum Gasteiger partial charge on any atom is 0.315 e. The van der Waals surface area contributed by atoms with Crippen molar-refractivity contribution in [2.75, 3.05) is 24.5 Å². The second-order valence-corrected chi connectivity index (χ2v) is 6.99. The van der Waals surface area contributed by atoms with E-state index in [1.54, 1.807) is 18.5 Å². The van der Waals surface area contributed by atoms with Gasteiger partial charge in [0.15, 0.2) is 0 Å². The van der Waals surface area contributed by atoms with Crippen molar-refractivity contribution in [2.45, 2.75) is 44.1 Å². The Bertz CT molecular complexity index is 602. The molecule has 1 unspecified atom stereocenters. The minimum Gasteiger partial charge on any atom is -0.368 e. The predicted molar refractivity (Wildman–Crippen MR) is 93.9 cm³/mol. The number of anilines is 1. The number of carbonyl (C=O) groups is 2. The quantitative estimate of drug-likeness (QED) is 0.729. The number of urea groups is 1. The van der Waals surface area contributed by atoms with E-state index in [-0.39, 0.29) is 6.03 Å². The Kier molecular flexibility index (Phi) is 5.35. The molecule has 0 spiro atoms. The zero-order valence-electron chi connectivity index (χ0n) is 14.4. The highest BCUT2D eigenvalue weighted by Gasteiger charge is 2.40. The summed E-state index contributed by atoms with van der Waals surface area (Å²) >= 11 is 0. The van der Waals surface area contributed by atoms with Crippen molar-refractivity contribution in [3.63, 3.8) is 0 Å². The van der Waals surface area contributed by atoms with Crippen molar-refractivity contribution in [2.24, 2.45) is 11.7 Å². The van der Waals surface area contributed by atoms with Gasteiger partial charge in [-0.05, 0) is 37.7 Å². The molecule has 0 radical (unpaired) electrons. The lowest BCUT2D eigenvalue weighted by atomic mass is 9.97. The number of aromatic nitrogens is 2. The van der Waals surface area contributed by atoms with Crippen molar-refractivity contribution < 1.29 is 9.59 Å². The summed E-state index contributed by atoms with van der Waals surface area (Å²) in [7, 11) is 0. The summed E-state index contributed by atoms with van der Waals surface area (Å²) in [6.07, 6.45) is 8.64. The number of nitrogens with two attached hydrogens (primary N) is 1. The van der Waals surface area contributed by atoms with E-state index in [2.05, 4.69) is 25.5 Å². The molecule has 2 heterocycles. The number of hydrogen-bond acceptors (Lipinski definition) is 5. The van der Waals surface area contributed by atoms with Crippen LogP contribution in [0.2, 0.25) is 0 Å². The SMILES string of the molecule is NC(=O)C1(NC(=O)NCC2CCCN(c3ncccn3)C2)CCCC1. The van der Waals surface area contributed by atoms with Crippen LogP contribution in [0.15, 0.2) is 18.5 Å². The van der Waals surface area contributed by atoms with Crippen LogP contribution in [0.1, 0.15) is 38.5 Å². The number of carbonyl (C=O) groups excluding carboxylic acids is 2. The molecule has 0 bridgehead atoms. The number of amides is 3.